The first-order valence-corrected chi connectivity index (χ1v) is 8.45. The summed E-state index contributed by atoms with van der Waals surface area (Å²) in [7, 11) is 0. The van der Waals surface area contributed by atoms with Crippen molar-refractivity contribution in [2.24, 2.45) is 5.92 Å². The smallest absolute Gasteiger partial charge is 0.0410 e. The average molecular weight is 345 g/mol. The lowest BCUT2D eigenvalue weighted by Crippen LogP contribution is -2.33. The lowest BCUT2D eigenvalue weighted by Gasteiger charge is -2.18. The van der Waals surface area contributed by atoms with Gasteiger partial charge in [-0.15, -0.1) is 0 Å². The molecule has 0 aliphatic heterocycles. The van der Waals surface area contributed by atoms with E-state index in [1.807, 2.05) is 12.4 Å². The van der Waals surface area contributed by atoms with Gasteiger partial charge in [0.25, 0.3) is 0 Å². The molecule has 2 nitrogen and oxygen atoms in total. The van der Waals surface area contributed by atoms with E-state index in [0.717, 1.165) is 29.3 Å². The normalized spacial score (nSPS) is 22.0. The van der Waals surface area contributed by atoms with Gasteiger partial charge in [-0.2, -0.15) is 0 Å². The van der Waals surface area contributed by atoms with E-state index < -0.39 is 0 Å². The largest absolute Gasteiger partial charge is 0.314 e. The van der Waals surface area contributed by atoms with Crippen LogP contribution in [-0.2, 0) is 6.42 Å². The van der Waals surface area contributed by atoms with Crippen LogP contribution in [0, 0.1) is 5.92 Å². The number of hydrogen-bond acceptors (Lipinski definition) is 2. The number of pyridine rings is 1. The van der Waals surface area contributed by atoms with Crippen molar-refractivity contribution in [3.05, 3.63) is 64.4 Å². The standard InChI is InChI=1S/C18H21BrN2/c1-2-21-18(9-13-8-15(19)12-20-11-13)17-10-16(17)14-6-4-3-5-7-14/h3-8,11-12,16-18,21H,2,9-10H2,1H3. The van der Waals surface area contributed by atoms with Gasteiger partial charge < -0.3 is 5.32 Å². The maximum Gasteiger partial charge on any atom is 0.0410 e. The van der Waals surface area contributed by atoms with E-state index >= 15 is 0 Å². The molecular weight excluding hydrogens is 324 g/mol. The van der Waals surface area contributed by atoms with Gasteiger partial charge in [-0.25, -0.2) is 0 Å². The predicted molar refractivity (Wildman–Crippen MR) is 90.4 cm³/mol. The molecule has 2 aromatic rings. The molecule has 0 radical (unpaired) electrons. The van der Waals surface area contributed by atoms with Gasteiger partial charge in [-0.3, -0.25) is 4.98 Å². The van der Waals surface area contributed by atoms with Gasteiger partial charge in [0, 0.05) is 22.9 Å². The van der Waals surface area contributed by atoms with Crippen LogP contribution >= 0.6 is 15.9 Å². The third-order valence-electron chi connectivity index (χ3n) is 4.27. The van der Waals surface area contributed by atoms with Crippen LogP contribution < -0.4 is 5.32 Å². The summed E-state index contributed by atoms with van der Waals surface area (Å²) in [5.41, 5.74) is 2.78. The van der Waals surface area contributed by atoms with Crippen LogP contribution in [0.2, 0.25) is 0 Å². The Bertz CT molecular complexity index is 585. The van der Waals surface area contributed by atoms with Gasteiger partial charge in [-0.1, -0.05) is 37.3 Å². The second kappa shape index (κ2) is 6.71. The molecule has 110 valence electrons. The number of benzene rings is 1. The maximum absolute atomic E-state index is 4.28. The van der Waals surface area contributed by atoms with Crippen molar-refractivity contribution in [1.29, 1.82) is 0 Å². The van der Waals surface area contributed by atoms with Gasteiger partial charge in [-0.05, 0) is 64.3 Å². The minimum absolute atomic E-state index is 0.538. The van der Waals surface area contributed by atoms with Crippen molar-refractivity contribution in [2.75, 3.05) is 6.54 Å². The summed E-state index contributed by atoms with van der Waals surface area (Å²) in [4.78, 5) is 4.28. The summed E-state index contributed by atoms with van der Waals surface area (Å²) < 4.78 is 1.06. The summed E-state index contributed by atoms with van der Waals surface area (Å²) in [5, 5.41) is 3.67. The fourth-order valence-corrected chi connectivity index (χ4v) is 3.61. The Balaban J connectivity index is 1.69. The molecule has 1 N–H and O–H groups in total. The molecule has 1 aromatic heterocycles. The van der Waals surface area contributed by atoms with E-state index in [4.69, 9.17) is 0 Å². The lowest BCUT2D eigenvalue weighted by atomic mass is 9.99. The first-order valence-electron chi connectivity index (χ1n) is 7.65. The number of nitrogens with one attached hydrogen (secondary N) is 1. The monoisotopic (exact) mass is 344 g/mol. The second-order valence-electron chi connectivity index (χ2n) is 5.80. The molecule has 3 rings (SSSR count). The van der Waals surface area contributed by atoms with E-state index in [2.05, 4.69) is 69.6 Å². The van der Waals surface area contributed by atoms with Crippen LogP contribution in [0.15, 0.2) is 53.3 Å². The Kier molecular flexibility index (Phi) is 4.71. The fraction of sp³-hybridized carbons (Fsp3) is 0.389. The summed E-state index contributed by atoms with van der Waals surface area (Å²) in [6.45, 7) is 3.20. The topological polar surface area (TPSA) is 24.9 Å². The van der Waals surface area contributed by atoms with Crippen LogP contribution in [0.3, 0.4) is 0 Å². The number of hydrogen-bond donors (Lipinski definition) is 1. The third kappa shape index (κ3) is 3.72. The van der Waals surface area contributed by atoms with E-state index in [9.17, 15) is 0 Å². The highest BCUT2D eigenvalue weighted by molar-refractivity contribution is 9.10. The number of aromatic nitrogens is 1. The van der Waals surface area contributed by atoms with Crippen LogP contribution in [0.1, 0.15) is 30.4 Å². The third-order valence-corrected chi connectivity index (χ3v) is 4.70. The summed E-state index contributed by atoms with van der Waals surface area (Å²) in [6, 6.07) is 13.6. The van der Waals surface area contributed by atoms with E-state index in [1.54, 1.807) is 0 Å². The van der Waals surface area contributed by atoms with Gasteiger partial charge in [0.15, 0.2) is 0 Å². The molecule has 0 bridgehead atoms. The van der Waals surface area contributed by atoms with E-state index in [0.29, 0.717) is 6.04 Å². The Labute approximate surface area is 135 Å². The van der Waals surface area contributed by atoms with Crippen molar-refractivity contribution < 1.29 is 0 Å². The molecule has 3 heteroatoms. The highest BCUT2D eigenvalue weighted by Crippen LogP contribution is 2.50. The van der Waals surface area contributed by atoms with Gasteiger partial charge in [0.2, 0.25) is 0 Å². The Hall–Kier alpha value is -1.19. The molecular formula is C18H21BrN2. The fourth-order valence-electron chi connectivity index (χ4n) is 3.20. The molecule has 1 aromatic carbocycles. The number of halogens is 1. The molecule has 1 heterocycles. The van der Waals surface area contributed by atoms with Crippen LogP contribution in [-0.4, -0.2) is 17.6 Å². The maximum atomic E-state index is 4.28. The summed E-state index contributed by atoms with van der Waals surface area (Å²) in [5.74, 6) is 1.46. The highest BCUT2D eigenvalue weighted by atomic mass is 79.9. The Morgan fingerprint density at radius 3 is 2.81 bits per heavy atom. The number of nitrogens with zero attached hydrogens (tertiary/aromatic N) is 1. The SMILES string of the molecule is CCNC(Cc1cncc(Br)c1)C1CC1c1ccccc1. The minimum atomic E-state index is 0.538. The zero-order valence-corrected chi connectivity index (χ0v) is 13.9. The van der Waals surface area contributed by atoms with Crippen LogP contribution in [0.4, 0.5) is 0 Å². The van der Waals surface area contributed by atoms with Crippen molar-refractivity contribution in [1.82, 2.24) is 10.3 Å². The summed E-state index contributed by atoms with van der Waals surface area (Å²) in [6.07, 6.45) is 6.17. The predicted octanol–water partition coefficient (Wildman–Crippen LogP) is 4.17. The Morgan fingerprint density at radius 1 is 1.29 bits per heavy atom. The van der Waals surface area contributed by atoms with Gasteiger partial charge in [0.1, 0.15) is 0 Å². The Morgan fingerprint density at radius 2 is 2.10 bits per heavy atom. The van der Waals surface area contributed by atoms with Crippen molar-refractivity contribution in [2.45, 2.75) is 31.7 Å². The van der Waals surface area contributed by atoms with Crippen molar-refractivity contribution in [3.8, 4) is 0 Å². The second-order valence-corrected chi connectivity index (χ2v) is 6.71. The molecule has 1 fully saturated rings. The summed E-state index contributed by atoms with van der Waals surface area (Å²) >= 11 is 3.51. The first kappa shape index (κ1) is 14.7. The molecule has 0 amide bonds. The molecule has 1 aliphatic rings. The molecule has 0 spiro atoms. The van der Waals surface area contributed by atoms with Crippen molar-refractivity contribution >= 4 is 15.9 Å². The van der Waals surface area contributed by atoms with Gasteiger partial charge >= 0.3 is 0 Å². The zero-order valence-electron chi connectivity index (χ0n) is 12.3. The highest BCUT2D eigenvalue weighted by Gasteiger charge is 2.43. The quantitative estimate of drug-likeness (QED) is 0.850. The van der Waals surface area contributed by atoms with Crippen molar-refractivity contribution in [3.63, 3.8) is 0 Å². The molecule has 3 atom stereocenters. The molecule has 1 saturated carbocycles. The average Bonchev–Trinajstić information content (AvgIpc) is 3.28. The van der Waals surface area contributed by atoms with Gasteiger partial charge in [0.05, 0.1) is 0 Å². The lowest BCUT2D eigenvalue weighted by molar-refractivity contribution is 0.464. The number of rotatable bonds is 6. The minimum Gasteiger partial charge on any atom is -0.314 e. The molecule has 0 saturated heterocycles. The number of likely N-dealkylation sites (N-methyl/N-ethyl adjacent to an activating group) is 1. The molecule has 21 heavy (non-hydrogen) atoms. The van der Waals surface area contributed by atoms with Crippen LogP contribution in [0.5, 0.6) is 0 Å². The van der Waals surface area contributed by atoms with E-state index in [-0.39, 0.29) is 0 Å². The van der Waals surface area contributed by atoms with Crippen LogP contribution in [0.25, 0.3) is 0 Å². The molecule has 1 aliphatic carbocycles. The zero-order chi connectivity index (χ0) is 14.7. The molecule has 3 unspecified atom stereocenters. The van der Waals surface area contributed by atoms with E-state index in [1.165, 1.54) is 17.5 Å². The first-order chi connectivity index (χ1) is 10.3.